The summed E-state index contributed by atoms with van der Waals surface area (Å²) < 4.78 is 0. The fourth-order valence-corrected chi connectivity index (χ4v) is 1.76. The third kappa shape index (κ3) is 2.20. The summed E-state index contributed by atoms with van der Waals surface area (Å²) in [5, 5.41) is 0. The predicted octanol–water partition coefficient (Wildman–Crippen LogP) is 2.96. The van der Waals surface area contributed by atoms with Crippen LogP contribution >= 0.6 is 0 Å². The Bertz CT molecular complexity index is 201. The minimum Gasteiger partial charge on any atom is -0.300 e. The van der Waals surface area contributed by atoms with Gasteiger partial charge in [-0.2, -0.15) is 0 Å². The van der Waals surface area contributed by atoms with E-state index in [1.165, 1.54) is 5.57 Å². The Balaban J connectivity index is 2.59. The minimum atomic E-state index is 0.312. The van der Waals surface area contributed by atoms with Gasteiger partial charge in [-0.25, -0.2) is 0 Å². The van der Waals surface area contributed by atoms with Crippen molar-refractivity contribution >= 4 is 5.78 Å². The summed E-state index contributed by atoms with van der Waals surface area (Å²) in [5.74, 6) is 1.29. The zero-order valence-electron chi connectivity index (χ0n) is 8.26. The van der Waals surface area contributed by atoms with Gasteiger partial charge in [0.25, 0.3) is 0 Å². The van der Waals surface area contributed by atoms with Crippen LogP contribution in [0.2, 0.25) is 0 Å². The molecule has 1 atom stereocenters. The summed E-state index contributed by atoms with van der Waals surface area (Å²) in [4.78, 5) is 11.1. The molecule has 12 heavy (non-hydrogen) atoms. The zero-order chi connectivity index (χ0) is 9.14. The van der Waals surface area contributed by atoms with Crippen LogP contribution in [0, 0.1) is 11.8 Å². The summed E-state index contributed by atoms with van der Waals surface area (Å²) in [6.07, 6.45) is 5.47. The summed E-state index contributed by atoms with van der Waals surface area (Å²) in [6.45, 7) is 6.12. The average Bonchev–Trinajstić information content (AvgIpc) is 2.04. The maximum atomic E-state index is 11.1. The number of rotatable bonds is 2. The molecule has 0 aromatic heterocycles. The predicted molar refractivity (Wildman–Crippen MR) is 50.9 cm³/mol. The van der Waals surface area contributed by atoms with E-state index in [2.05, 4.69) is 19.9 Å². The molecule has 0 spiro atoms. The lowest BCUT2D eigenvalue weighted by Crippen LogP contribution is -2.16. The molecule has 0 saturated carbocycles. The van der Waals surface area contributed by atoms with Crippen LogP contribution in [0.3, 0.4) is 0 Å². The van der Waals surface area contributed by atoms with Gasteiger partial charge in [-0.3, -0.25) is 4.79 Å². The molecule has 0 amide bonds. The van der Waals surface area contributed by atoms with Gasteiger partial charge in [-0.15, -0.1) is 0 Å². The first-order valence-corrected chi connectivity index (χ1v) is 4.80. The Morgan fingerprint density at radius 1 is 1.58 bits per heavy atom. The molecule has 1 unspecified atom stereocenters. The number of allylic oxidation sites excluding steroid dienone is 2. The van der Waals surface area contributed by atoms with Gasteiger partial charge < -0.3 is 0 Å². The van der Waals surface area contributed by atoms with E-state index >= 15 is 0 Å². The first-order valence-electron chi connectivity index (χ1n) is 4.80. The molecule has 1 rings (SSSR count). The Hall–Kier alpha value is -0.590. The van der Waals surface area contributed by atoms with Crippen molar-refractivity contribution in [3.63, 3.8) is 0 Å². The first kappa shape index (κ1) is 9.50. The highest BCUT2D eigenvalue weighted by Crippen LogP contribution is 2.28. The van der Waals surface area contributed by atoms with E-state index in [1.807, 2.05) is 0 Å². The number of hydrogen-bond acceptors (Lipinski definition) is 1. The SMILES string of the molecule is CC(=O)C1CCC=C(C(C)C)C1. The van der Waals surface area contributed by atoms with Crippen molar-refractivity contribution in [3.8, 4) is 0 Å². The topological polar surface area (TPSA) is 17.1 Å². The van der Waals surface area contributed by atoms with Gasteiger partial charge in [-0.05, 0) is 32.1 Å². The van der Waals surface area contributed by atoms with E-state index < -0.39 is 0 Å². The van der Waals surface area contributed by atoms with Crippen LogP contribution in [0.15, 0.2) is 11.6 Å². The van der Waals surface area contributed by atoms with Gasteiger partial charge in [0.1, 0.15) is 5.78 Å². The van der Waals surface area contributed by atoms with Crippen LogP contribution in [-0.2, 0) is 4.79 Å². The second-order valence-electron chi connectivity index (χ2n) is 4.02. The van der Waals surface area contributed by atoms with Crippen molar-refractivity contribution in [1.29, 1.82) is 0 Å². The maximum absolute atomic E-state index is 11.1. The molecule has 0 bridgehead atoms. The highest BCUT2D eigenvalue weighted by Gasteiger charge is 2.20. The van der Waals surface area contributed by atoms with Gasteiger partial charge in [0.05, 0.1) is 0 Å². The second kappa shape index (κ2) is 3.88. The van der Waals surface area contributed by atoms with Crippen molar-refractivity contribution in [3.05, 3.63) is 11.6 Å². The van der Waals surface area contributed by atoms with Crippen molar-refractivity contribution in [2.45, 2.75) is 40.0 Å². The number of carbonyl (C=O) groups is 1. The van der Waals surface area contributed by atoms with Crippen molar-refractivity contribution < 1.29 is 4.79 Å². The third-order valence-electron chi connectivity index (χ3n) is 2.72. The molecule has 0 heterocycles. The van der Waals surface area contributed by atoms with E-state index in [9.17, 15) is 4.79 Å². The minimum absolute atomic E-state index is 0.312. The van der Waals surface area contributed by atoms with Crippen LogP contribution < -0.4 is 0 Å². The van der Waals surface area contributed by atoms with Crippen LogP contribution in [-0.4, -0.2) is 5.78 Å². The monoisotopic (exact) mass is 166 g/mol. The Kier molecular flexibility index (Phi) is 3.07. The Morgan fingerprint density at radius 3 is 2.75 bits per heavy atom. The molecule has 0 aliphatic heterocycles. The van der Waals surface area contributed by atoms with E-state index in [0.29, 0.717) is 17.6 Å². The van der Waals surface area contributed by atoms with Crippen molar-refractivity contribution in [2.75, 3.05) is 0 Å². The van der Waals surface area contributed by atoms with Crippen LogP contribution in [0.1, 0.15) is 40.0 Å². The number of carbonyl (C=O) groups excluding carboxylic acids is 1. The van der Waals surface area contributed by atoms with Crippen LogP contribution in [0.4, 0.5) is 0 Å². The van der Waals surface area contributed by atoms with E-state index in [0.717, 1.165) is 19.3 Å². The maximum Gasteiger partial charge on any atom is 0.133 e. The van der Waals surface area contributed by atoms with Gasteiger partial charge in [-0.1, -0.05) is 25.5 Å². The van der Waals surface area contributed by atoms with Gasteiger partial charge in [0.2, 0.25) is 0 Å². The molecule has 0 N–H and O–H groups in total. The molecule has 1 aliphatic rings. The molecule has 1 heteroatoms. The summed E-state index contributed by atoms with van der Waals surface area (Å²) in [5.41, 5.74) is 1.47. The van der Waals surface area contributed by atoms with E-state index in [-0.39, 0.29) is 0 Å². The molecule has 0 radical (unpaired) electrons. The molecular formula is C11H18O. The quantitative estimate of drug-likeness (QED) is 0.576. The molecule has 0 fully saturated rings. The van der Waals surface area contributed by atoms with Crippen molar-refractivity contribution in [1.82, 2.24) is 0 Å². The molecule has 1 aliphatic carbocycles. The van der Waals surface area contributed by atoms with Crippen LogP contribution in [0.5, 0.6) is 0 Å². The molecule has 68 valence electrons. The third-order valence-corrected chi connectivity index (χ3v) is 2.72. The zero-order valence-corrected chi connectivity index (χ0v) is 8.26. The number of ketones is 1. The molecule has 0 saturated heterocycles. The lowest BCUT2D eigenvalue weighted by Gasteiger charge is -2.22. The van der Waals surface area contributed by atoms with Crippen LogP contribution in [0.25, 0.3) is 0 Å². The molecule has 1 nitrogen and oxygen atoms in total. The lowest BCUT2D eigenvalue weighted by atomic mass is 9.82. The fraction of sp³-hybridized carbons (Fsp3) is 0.727. The highest BCUT2D eigenvalue weighted by atomic mass is 16.1. The first-order chi connectivity index (χ1) is 5.61. The summed E-state index contributed by atoms with van der Waals surface area (Å²) in [7, 11) is 0. The Morgan fingerprint density at radius 2 is 2.25 bits per heavy atom. The highest BCUT2D eigenvalue weighted by molar-refractivity contribution is 5.78. The summed E-state index contributed by atoms with van der Waals surface area (Å²) in [6, 6.07) is 0. The van der Waals surface area contributed by atoms with Gasteiger partial charge in [0.15, 0.2) is 0 Å². The van der Waals surface area contributed by atoms with Gasteiger partial charge >= 0.3 is 0 Å². The molecule has 0 aromatic carbocycles. The molecule has 0 aromatic rings. The number of hydrogen-bond donors (Lipinski definition) is 0. The normalized spacial score (nSPS) is 24.0. The smallest absolute Gasteiger partial charge is 0.133 e. The second-order valence-corrected chi connectivity index (χ2v) is 4.02. The average molecular weight is 166 g/mol. The largest absolute Gasteiger partial charge is 0.300 e. The lowest BCUT2D eigenvalue weighted by molar-refractivity contribution is -0.121. The van der Waals surface area contributed by atoms with Gasteiger partial charge in [0, 0.05) is 5.92 Å². The van der Waals surface area contributed by atoms with E-state index in [1.54, 1.807) is 6.92 Å². The summed E-state index contributed by atoms with van der Waals surface area (Å²) >= 11 is 0. The van der Waals surface area contributed by atoms with Crippen molar-refractivity contribution in [2.24, 2.45) is 11.8 Å². The molecular weight excluding hydrogens is 148 g/mol. The Labute approximate surface area is 74.9 Å². The fourth-order valence-electron chi connectivity index (χ4n) is 1.76. The van der Waals surface area contributed by atoms with E-state index in [4.69, 9.17) is 0 Å². The number of Topliss-reactive ketones (excluding diaryl/α,β-unsaturated/α-hetero) is 1. The standard InChI is InChI=1S/C11H18O/c1-8(2)10-5-4-6-11(7-10)9(3)12/h5,8,11H,4,6-7H2,1-3H3.